The zero-order valence-electron chi connectivity index (χ0n) is 9.08. The highest BCUT2D eigenvalue weighted by atomic mass is 35.5. The SMILES string of the molecule is COc1cc(C)c(Cl)c(CCC(=O)O)c1O. The number of carbonyl (C=O) groups is 1. The molecule has 0 atom stereocenters. The quantitative estimate of drug-likeness (QED) is 0.853. The first-order valence-electron chi connectivity index (χ1n) is 4.74. The molecule has 0 fully saturated rings. The molecular formula is C11H13ClO4. The number of ether oxygens (including phenoxy) is 1. The van der Waals surface area contributed by atoms with Gasteiger partial charge >= 0.3 is 5.97 Å². The van der Waals surface area contributed by atoms with Crippen LogP contribution in [0.3, 0.4) is 0 Å². The van der Waals surface area contributed by atoms with Crippen molar-refractivity contribution >= 4 is 17.6 Å². The van der Waals surface area contributed by atoms with Crippen LogP contribution in [0.1, 0.15) is 17.5 Å². The lowest BCUT2D eigenvalue weighted by atomic mass is 10.0. The molecule has 1 rings (SSSR count). The van der Waals surface area contributed by atoms with Crippen molar-refractivity contribution in [1.82, 2.24) is 0 Å². The number of hydrogen-bond acceptors (Lipinski definition) is 3. The number of phenols is 1. The summed E-state index contributed by atoms with van der Waals surface area (Å²) in [5.41, 5.74) is 1.16. The van der Waals surface area contributed by atoms with Crippen LogP contribution in [0.4, 0.5) is 0 Å². The van der Waals surface area contributed by atoms with Gasteiger partial charge in [0.15, 0.2) is 11.5 Å². The number of carboxylic acid groups (broad SMARTS) is 1. The second-order valence-corrected chi connectivity index (χ2v) is 3.81. The largest absolute Gasteiger partial charge is 0.504 e. The van der Waals surface area contributed by atoms with Gasteiger partial charge in [0.2, 0.25) is 0 Å². The molecule has 2 N–H and O–H groups in total. The highest BCUT2D eigenvalue weighted by molar-refractivity contribution is 6.32. The van der Waals surface area contributed by atoms with Gasteiger partial charge in [-0.1, -0.05) is 11.6 Å². The van der Waals surface area contributed by atoms with E-state index in [1.165, 1.54) is 7.11 Å². The van der Waals surface area contributed by atoms with Gasteiger partial charge in [-0.25, -0.2) is 0 Å². The topological polar surface area (TPSA) is 66.8 Å². The number of aliphatic carboxylic acids is 1. The molecule has 0 saturated carbocycles. The summed E-state index contributed by atoms with van der Waals surface area (Å²) in [6.07, 6.45) is 0.0952. The molecule has 4 nitrogen and oxygen atoms in total. The smallest absolute Gasteiger partial charge is 0.303 e. The van der Waals surface area contributed by atoms with Crippen LogP contribution in [-0.2, 0) is 11.2 Å². The standard InChI is InChI=1S/C11H13ClO4/c1-6-5-8(16-2)11(15)7(10(6)12)3-4-9(13)14/h5,15H,3-4H2,1-2H3,(H,13,14). The van der Waals surface area contributed by atoms with E-state index in [1.807, 2.05) is 0 Å². The molecule has 0 saturated heterocycles. The summed E-state index contributed by atoms with van der Waals surface area (Å²) in [7, 11) is 1.43. The van der Waals surface area contributed by atoms with Gasteiger partial charge in [-0.2, -0.15) is 0 Å². The van der Waals surface area contributed by atoms with Crippen molar-refractivity contribution in [3.05, 3.63) is 22.2 Å². The van der Waals surface area contributed by atoms with Crippen molar-refractivity contribution in [2.24, 2.45) is 0 Å². The minimum Gasteiger partial charge on any atom is -0.504 e. The van der Waals surface area contributed by atoms with Gasteiger partial charge in [0.05, 0.1) is 12.1 Å². The molecule has 0 amide bonds. The summed E-state index contributed by atoms with van der Waals surface area (Å²) < 4.78 is 4.97. The van der Waals surface area contributed by atoms with Crippen LogP contribution in [0.25, 0.3) is 0 Å². The third kappa shape index (κ3) is 2.58. The maximum absolute atomic E-state index is 10.5. The van der Waals surface area contributed by atoms with E-state index in [1.54, 1.807) is 13.0 Å². The maximum Gasteiger partial charge on any atom is 0.303 e. The Labute approximate surface area is 98.4 Å². The Morgan fingerprint density at radius 1 is 1.56 bits per heavy atom. The van der Waals surface area contributed by atoms with Gasteiger partial charge in [0.25, 0.3) is 0 Å². The second kappa shape index (κ2) is 5.07. The Hall–Kier alpha value is -1.42. The Bertz CT molecular complexity index is 415. The third-order valence-electron chi connectivity index (χ3n) is 2.29. The minimum absolute atomic E-state index is 0.0834. The van der Waals surface area contributed by atoms with E-state index < -0.39 is 5.97 Å². The van der Waals surface area contributed by atoms with Gasteiger partial charge < -0.3 is 14.9 Å². The van der Waals surface area contributed by atoms with Crippen molar-refractivity contribution < 1.29 is 19.7 Å². The highest BCUT2D eigenvalue weighted by Crippen LogP contribution is 2.38. The molecule has 0 heterocycles. The molecule has 0 bridgehead atoms. The van der Waals surface area contributed by atoms with Crippen LogP contribution in [0.2, 0.25) is 5.02 Å². The predicted molar refractivity (Wildman–Crippen MR) is 60.4 cm³/mol. The fourth-order valence-electron chi connectivity index (χ4n) is 1.43. The molecule has 0 unspecified atom stereocenters. The van der Waals surface area contributed by atoms with Gasteiger partial charge in [-0.3, -0.25) is 4.79 Å². The molecule has 1 aromatic carbocycles. The van der Waals surface area contributed by atoms with Crippen LogP contribution in [0, 0.1) is 6.92 Å². The van der Waals surface area contributed by atoms with Crippen LogP contribution >= 0.6 is 11.6 Å². The fourth-order valence-corrected chi connectivity index (χ4v) is 1.67. The van der Waals surface area contributed by atoms with E-state index in [4.69, 9.17) is 21.4 Å². The van der Waals surface area contributed by atoms with Crippen molar-refractivity contribution in [3.8, 4) is 11.5 Å². The molecule has 0 spiro atoms. The summed E-state index contributed by atoms with van der Waals surface area (Å²) in [5.74, 6) is -0.711. The Morgan fingerprint density at radius 3 is 2.69 bits per heavy atom. The lowest BCUT2D eigenvalue weighted by molar-refractivity contribution is -0.136. The number of rotatable bonds is 4. The maximum atomic E-state index is 10.5. The van der Waals surface area contributed by atoms with Gasteiger partial charge in [-0.15, -0.1) is 0 Å². The van der Waals surface area contributed by atoms with Crippen LogP contribution in [-0.4, -0.2) is 23.3 Å². The molecule has 0 aliphatic rings. The highest BCUT2D eigenvalue weighted by Gasteiger charge is 2.15. The van der Waals surface area contributed by atoms with E-state index in [-0.39, 0.29) is 18.6 Å². The Morgan fingerprint density at radius 2 is 2.19 bits per heavy atom. The number of phenolic OH excluding ortho intramolecular Hbond substituents is 1. The van der Waals surface area contributed by atoms with Crippen molar-refractivity contribution in [3.63, 3.8) is 0 Å². The lowest BCUT2D eigenvalue weighted by Crippen LogP contribution is -2.00. The summed E-state index contributed by atoms with van der Waals surface area (Å²) in [5, 5.41) is 18.8. The van der Waals surface area contributed by atoms with E-state index in [9.17, 15) is 9.90 Å². The number of halogens is 1. The van der Waals surface area contributed by atoms with Gasteiger partial charge in [0.1, 0.15) is 0 Å². The fraction of sp³-hybridized carbons (Fsp3) is 0.364. The lowest BCUT2D eigenvalue weighted by Gasteiger charge is -2.12. The molecule has 0 radical (unpaired) electrons. The normalized spacial score (nSPS) is 10.2. The number of benzene rings is 1. The molecule has 0 aliphatic carbocycles. The number of methoxy groups -OCH3 is 1. The molecule has 1 aromatic rings. The summed E-state index contributed by atoms with van der Waals surface area (Å²) in [4.78, 5) is 10.5. The summed E-state index contributed by atoms with van der Waals surface area (Å²) in [6.45, 7) is 1.77. The van der Waals surface area contributed by atoms with Crippen molar-refractivity contribution in [2.75, 3.05) is 7.11 Å². The minimum atomic E-state index is -0.934. The first-order chi connectivity index (χ1) is 7.47. The molecular weight excluding hydrogens is 232 g/mol. The molecule has 0 aromatic heterocycles. The zero-order chi connectivity index (χ0) is 12.3. The Kier molecular flexibility index (Phi) is 4.01. The average Bonchev–Trinajstić information content (AvgIpc) is 2.23. The number of carboxylic acids is 1. The first kappa shape index (κ1) is 12.6. The number of aromatic hydroxyl groups is 1. The third-order valence-corrected chi connectivity index (χ3v) is 2.81. The number of aryl methyl sites for hydroxylation is 1. The zero-order valence-corrected chi connectivity index (χ0v) is 9.84. The van der Waals surface area contributed by atoms with Crippen molar-refractivity contribution in [2.45, 2.75) is 19.8 Å². The molecule has 0 aliphatic heterocycles. The van der Waals surface area contributed by atoms with E-state index >= 15 is 0 Å². The Balaban J connectivity index is 3.14. The second-order valence-electron chi connectivity index (χ2n) is 3.43. The van der Waals surface area contributed by atoms with Crippen LogP contribution in [0.5, 0.6) is 11.5 Å². The summed E-state index contributed by atoms with van der Waals surface area (Å²) >= 11 is 6.00. The van der Waals surface area contributed by atoms with Crippen LogP contribution in [0.15, 0.2) is 6.07 Å². The van der Waals surface area contributed by atoms with Gasteiger partial charge in [0, 0.05) is 12.0 Å². The van der Waals surface area contributed by atoms with E-state index in [0.717, 1.165) is 5.56 Å². The van der Waals surface area contributed by atoms with Gasteiger partial charge in [-0.05, 0) is 25.0 Å². The number of hydrogen-bond donors (Lipinski definition) is 2. The van der Waals surface area contributed by atoms with Crippen LogP contribution < -0.4 is 4.74 Å². The molecule has 88 valence electrons. The summed E-state index contributed by atoms with van der Waals surface area (Å²) in [6, 6.07) is 1.61. The van der Waals surface area contributed by atoms with Crippen molar-refractivity contribution in [1.29, 1.82) is 0 Å². The van der Waals surface area contributed by atoms with E-state index in [0.29, 0.717) is 16.3 Å². The average molecular weight is 245 g/mol. The molecule has 16 heavy (non-hydrogen) atoms. The van der Waals surface area contributed by atoms with E-state index in [2.05, 4.69) is 0 Å². The molecule has 5 heteroatoms. The predicted octanol–water partition coefficient (Wildman–Crippen LogP) is 2.38. The first-order valence-corrected chi connectivity index (χ1v) is 5.12. The monoisotopic (exact) mass is 244 g/mol.